The second kappa shape index (κ2) is 42.1. The normalized spacial score (nSPS) is 26.6. The van der Waals surface area contributed by atoms with Crippen molar-refractivity contribution in [2.75, 3.05) is 103 Å². The Balaban J connectivity index is 3.04. The van der Waals surface area contributed by atoms with Crippen LogP contribution in [-0.2, 0) is 71.8 Å². The Labute approximate surface area is 596 Å². The highest BCUT2D eigenvalue weighted by Gasteiger charge is 2.47. The quantitative estimate of drug-likeness (QED) is 0.0724. The number of carbonyl (C=O) groups excluding carboxylic acids is 12. The fourth-order valence-corrected chi connectivity index (χ4v) is 12.8. The van der Waals surface area contributed by atoms with Crippen LogP contribution in [0, 0.1) is 35.5 Å². The Kier molecular flexibility index (Phi) is 37.7. The van der Waals surface area contributed by atoms with Crippen LogP contribution >= 0.6 is 0 Å². The van der Waals surface area contributed by atoms with Gasteiger partial charge in [-0.1, -0.05) is 83.1 Å². The second-order valence-corrected chi connectivity index (χ2v) is 29.7. The maximum Gasteiger partial charge on any atom is 0.246 e. The Morgan fingerprint density at radius 3 is 1.52 bits per heavy atom. The van der Waals surface area contributed by atoms with E-state index in [2.05, 4.69) is 26.2 Å². The molecule has 2 saturated heterocycles. The topological polar surface area (TPSA) is 330 Å². The molecule has 0 saturated carbocycles. The number of ether oxygens (including phenoxy) is 2. The number of unbranched alkanes of at least 4 members (excludes halogenated alkanes) is 1. The van der Waals surface area contributed by atoms with Crippen molar-refractivity contribution >= 4 is 70.9 Å². The molecule has 0 unspecified atom stereocenters. The molecular weight excluding hydrogens is 1290 g/mol. The van der Waals surface area contributed by atoms with Crippen LogP contribution in [0.2, 0.25) is 0 Å². The fourth-order valence-electron chi connectivity index (χ4n) is 12.8. The first kappa shape index (κ1) is 89.5. The number of hydrogen-bond acceptors (Lipinski definition) is 17. The van der Waals surface area contributed by atoms with Crippen molar-refractivity contribution in [1.29, 1.82) is 0 Å². The molecular formula is C71H129N13O16. The molecule has 5 N–H and O–H groups in total. The summed E-state index contributed by atoms with van der Waals surface area (Å²) in [5.74, 6) is -11.0. The molecule has 12 amide bonds. The second-order valence-electron chi connectivity index (χ2n) is 29.7. The van der Waals surface area contributed by atoms with Gasteiger partial charge in [0.2, 0.25) is 70.9 Å². The molecule has 0 aromatic rings. The van der Waals surface area contributed by atoms with E-state index in [0.717, 1.165) is 45.8 Å². The number of hydroxylamine groups is 2. The van der Waals surface area contributed by atoms with Gasteiger partial charge < -0.3 is 70.1 Å². The van der Waals surface area contributed by atoms with Gasteiger partial charge in [-0.2, -0.15) is 0 Å². The summed E-state index contributed by atoms with van der Waals surface area (Å²) in [6, 6.07) is -14.6. The number of rotatable bonds is 23. The van der Waals surface area contributed by atoms with Crippen molar-refractivity contribution < 1.29 is 77.0 Å². The molecule has 29 nitrogen and oxygen atoms in total. The first-order chi connectivity index (χ1) is 46.5. The zero-order valence-corrected chi connectivity index (χ0v) is 65.2. The summed E-state index contributed by atoms with van der Waals surface area (Å²) >= 11 is 0. The van der Waals surface area contributed by atoms with Gasteiger partial charge in [-0.3, -0.25) is 67.3 Å². The third-order valence-corrected chi connectivity index (χ3v) is 19.5. The van der Waals surface area contributed by atoms with Gasteiger partial charge in [0, 0.05) is 82.5 Å². The first-order valence-electron chi connectivity index (χ1n) is 36.0. The predicted octanol–water partition coefficient (Wildman–Crippen LogP) is 2.35. The molecule has 2 heterocycles. The van der Waals surface area contributed by atoms with Crippen molar-refractivity contribution in [3.05, 3.63) is 0 Å². The van der Waals surface area contributed by atoms with Crippen LogP contribution in [0.25, 0.3) is 0 Å². The van der Waals surface area contributed by atoms with Gasteiger partial charge in [-0.15, -0.1) is 0 Å². The lowest BCUT2D eigenvalue weighted by atomic mass is 9.90. The van der Waals surface area contributed by atoms with Crippen LogP contribution in [0.4, 0.5) is 0 Å². The van der Waals surface area contributed by atoms with E-state index in [1.54, 1.807) is 48.5 Å². The van der Waals surface area contributed by atoms with E-state index < -0.39 is 161 Å². The van der Waals surface area contributed by atoms with Crippen LogP contribution in [0.15, 0.2) is 0 Å². The van der Waals surface area contributed by atoms with Crippen molar-refractivity contribution in [2.24, 2.45) is 35.5 Å². The highest BCUT2D eigenvalue weighted by molar-refractivity contribution is 6.00. The van der Waals surface area contributed by atoms with Crippen molar-refractivity contribution in [3.8, 4) is 0 Å². The number of nitrogens with zero attached hydrogens (tertiary/aromatic N) is 9. The molecule has 2 rings (SSSR count). The average molecular weight is 1420 g/mol. The Morgan fingerprint density at radius 1 is 0.530 bits per heavy atom. The summed E-state index contributed by atoms with van der Waals surface area (Å²) in [7, 11) is 12.6. The molecule has 100 heavy (non-hydrogen) atoms. The number of amides is 12. The lowest BCUT2D eigenvalue weighted by Gasteiger charge is -2.41. The van der Waals surface area contributed by atoms with Crippen molar-refractivity contribution in [3.63, 3.8) is 0 Å². The van der Waals surface area contributed by atoms with Gasteiger partial charge in [0.15, 0.2) is 0 Å². The number of hydrogen-bond donors (Lipinski definition) is 5. The monoisotopic (exact) mass is 1420 g/mol. The zero-order chi connectivity index (χ0) is 76.7. The number of carbonyl (C=O) groups is 12. The molecule has 0 aromatic heterocycles. The molecule has 2 fully saturated rings. The minimum Gasteiger partial charge on any atom is -0.390 e. The van der Waals surface area contributed by atoms with Crippen LogP contribution < -0.4 is 21.3 Å². The minimum atomic E-state index is -1.74. The van der Waals surface area contributed by atoms with Gasteiger partial charge in [-0.05, 0) is 121 Å². The highest BCUT2D eigenvalue weighted by Crippen LogP contribution is 2.27. The molecule has 2 aliphatic rings. The fraction of sp³-hybridized carbons (Fsp3) is 0.831. The van der Waals surface area contributed by atoms with E-state index in [0.29, 0.717) is 19.6 Å². The smallest absolute Gasteiger partial charge is 0.246 e. The summed E-state index contributed by atoms with van der Waals surface area (Å²) in [6.45, 7) is 31.0. The maximum absolute atomic E-state index is 15.4. The van der Waals surface area contributed by atoms with E-state index in [1.165, 1.54) is 104 Å². The summed E-state index contributed by atoms with van der Waals surface area (Å²) in [6.07, 6.45) is -0.577. The summed E-state index contributed by atoms with van der Waals surface area (Å²) in [4.78, 5) is 193. The molecule has 0 spiro atoms. The molecule has 0 radical (unpaired) electrons. The van der Waals surface area contributed by atoms with E-state index in [1.807, 2.05) is 41.5 Å². The van der Waals surface area contributed by atoms with E-state index >= 15 is 28.8 Å². The first-order valence-corrected chi connectivity index (χ1v) is 36.0. The van der Waals surface area contributed by atoms with E-state index in [9.17, 15) is 33.9 Å². The lowest BCUT2D eigenvalue weighted by molar-refractivity contribution is -0.168. The third-order valence-electron chi connectivity index (χ3n) is 19.5. The minimum absolute atomic E-state index is 0.0129. The SMILES string of the molecule is CC[C@@H]1NC(=O)[C@H]([C@H](O)[C@H](C)CCCC(=O)N(C)OC)N(C)C(=O)[C@H](C(C)C)N(C)C(=O)[C@H](CC(C)C)N(C)C(=O)[C@H](CC(C)C)N(C)C(=O)[C@@H](C)NC(=O)[C@H](C)NC(=O)[C@H](CC(C)C)N(C)C(=O)[C@H](C(C)C)NC(=O)[C@H]([C@@H](C)OCCCCN2CCOCC2)N(C)C(=O)[C@@H](C)N(C)C1=O. The molecule has 0 aliphatic carbocycles. The molecule has 29 heteroatoms. The molecule has 574 valence electrons. The van der Waals surface area contributed by atoms with Crippen molar-refractivity contribution in [2.45, 2.75) is 247 Å². The maximum atomic E-state index is 15.4. The molecule has 0 aromatic carbocycles. The van der Waals surface area contributed by atoms with Crippen LogP contribution in [0.3, 0.4) is 0 Å². The van der Waals surface area contributed by atoms with E-state index in [4.69, 9.17) is 14.3 Å². The molecule has 0 bridgehead atoms. The Morgan fingerprint density at radius 2 is 1.01 bits per heavy atom. The van der Waals surface area contributed by atoms with Gasteiger partial charge in [0.05, 0.1) is 32.5 Å². The molecule has 14 atom stereocenters. The summed E-state index contributed by atoms with van der Waals surface area (Å²) in [5, 5.41) is 24.6. The highest BCUT2D eigenvalue weighted by atomic mass is 16.7. The number of aliphatic hydroxyl groups excluding tert-OH is 1. The van der Waals surface area contributed by atoms with Gasteiger partial charge >= 0.3 is 0 Å². The van der Waals surface area contributed by atoms with Crippen LogP contribution in [-0.4, -0.2) is 302 Å². The zero-order valence-electron chi connectivity index (χ0n) is 65.2. The predicted molar refractivity (Wildman–Crippen MR) is 380 cm³/mol. The summed E-state index contributed by atoms with van der Waals surface area (Å²) < 4.78 is 11.9. The number of aliphatic hydroxyl groups is 1. The number of nitrogens with one attached hydrogen (secondary N) is 4. The van der Waals surface area contributed by atoms with Crippen LogP contribution in [0.5, 0.6) is 0 Å². The van der Waals surface area contributed by atoms with Gasteiger partial charge in [-0.25, -0.2) is 5.06 Å². The van der Waals surface area contributed by atoms with E-state index in [-0.39, 0.29) is 75.2 Å². The van der Waals surface area contributed by atoms with Gasteiger partial charge in [0.25, 0.3) is 0 Å². The molecule has 2 aliphatic heterocycles. The number of morpholine rings is 1. The Hall–Kier alpha value is -6.56. The standard InChI is InChI=1S/C71H129N13O16/c1-26-51-67(93)76(17)49(15)66(92)81(22)58(50(16)100-35-28-27-32-84-33-36-99-37-34-84)63(89)75-56(44(8)9)70(96)77(18)52(38-41(2)3)62(88)72-47(13)61(87)73-48(14)65(91)78(19)53(39-42(4)5)68(94)79(20)54(40-43(6)7)69(95)80(21)57(45(10)11)71(97)82(23)59(64(90)74-51)60(86)46(12)30-29-31-55(85)83(24)98-25/h41-54,56-60,86H,26-40H2,1-25H3,(H,72,88)(H,73,87)(H,74,90)(H,75,89)/t46-,47+,48-,49-,50-,51+,52+,53+,54+,56+,57+,58+,59+,60-/m1/s1. The summed E-state index contributed by atoms with van der Waals surface area (Å²) in [5.41, 5.74) is 0. The Bertz CT molecular complexity index is 2710. The van der Waals surface area contributed by atoms with Gasteiger partial charge in [0.1, 0.15) is 66.5 Å². The average Bonchev–Trinajstić information content (AvgIpc) is 0.805. The van der Waals surface area contributed by atoms with Crippen molar-refractivity contribution in [1.82, 2.24) is 65.5 Å². The lowest BCUT2D eigenvalue weighted by Crippen LogP contribution is -2.64. The van der Waals surface area contributed by atoms with Crippen LogP contribution in [0.1, 0.15) is 169 Å². The largest absolute Gasteiger partial charge is 0.390 e. The number of likely N-dealkylation sites (N-methyl/N-ethyl adjacent to an activating group) is 7. The third kappa shape index (κ3) is 25.4.